The van der Waals surface area contributed by atoms with E-state index < -0.39 is 15.9 Å². The number of aromatic hydroxyl groups is 1. The van der Waals surface area contributed by atoms with Crippen LogP contribution in [0.15, 0.2) is 41.3 Å². The number of amides is 1. The number of phenols is 1. The molecule has 1 atom stereocenters. The van der Waals surface area contributed by atoms with E-state index in [0.717, 1.165) is 11.1 Å². The molecule has 0 heterocycles. The van der Waals surface area contributed by atoms with Gasteiger partial charge in [0, 0.05) is 13.1 Å². The third-order valence-corrected chi connectivity index (χ3v) is 7.45. The first kappa shape index (κ1) is 20.6. The van der Waals surface area contributed by atoms with Crippen molar-refractivity contribution in [2.75, 3.05) is 13.1 Å². The van der Waals surface area contributed by atoms with Crippen LogP contribution in [0.1, 0.15) is 47.8 Å². The summed E-state index contributed by atoms with van der Waals surface area (Å²) in [6.07, 6.45) is 1.32. The van der Waals surface area contributed by atoms with Crippen LogP contribution in [0.4, 0.5) is 0 Å². The number of halogens is 1. The second-order valence-corrected chi connectivity index (χ2v) is 8.99. The normalized spacial score (nSPS) is 16.2. The summed E-state index contributed by atoms with van der Waals surface area (Å²) < 4.78 is 26.8. The van der Waals surface area contributed by atoms with Gasteiger partial charge in [0.15, 0.2) is 0 Å². The van der Waals surface area contributed by atoms with Crippen LogP contribution in [-0.4, -0.2) is 36.8 Å². The average Bonchev–Trinajstić information content (AvgIpc) is 3.07. The Labute approximate surface area is 170 Å². The average molecular weight is 423 g/mol. The van der Waals surface area contributed by atoms with Gasteiger partial charge in [-0.15, -0.1) is 0 Å². The van der Waals surface area contributed by atoms with Crippen LogP contribution in [0, 0.1) is 0 Å². The highest BCUT2D eigenvalue weighted by Crippen LogP contribution is 2.36. The molecule has 6 nitrogen and oxygen atoms in total. The number of nitrogens with one attached hydrogen (secondary N) is 1. The number of rotatable bonds is 6. The maximum absolute atomic E-state index is 12.8. The SMILES string of the molecule is CCN(CC)S(=O)(=O)c1ccc(Cl)c(C(=O)NC2CCc3c(O)cccc32)c1. The second kappa shape index (κ2) is 8.11. The molecule has 1 aliphatic rings. The van der Waals surface area contributed by atoms with Gasteiger partial charge in [0.1, 0.15) is 5.75 Å². The summed E-state index contributed by atoms with van der Waals surface area (Å²) >= 11 is 6.19. The van der Waals surface area contributed by atoms with Gasteiger partial charge < -0.3 is 10.4 Å². The lowest BCUT2D eigenvalue weighted by Gasteiger charge is -2.19. The number of sulfonamides is 1. The Morgan fingerprint density at radius 1 is 1.25 bits per heavy atom. The topological polar surface area (TPSA) is 86.7 Å². The van der Waals surface area contributed by atoms with Gasteiger partial charge in [-0.25, -0.2) is 8.42 Å². The van der Waals surface area contributed by atoms with E-state index >= 15 is 0 Å². The zero-order valence-electron chi connectivity index (χ0n) is 15.8. The summed E-state index contributed by atoms with van der Waals surface area (Å²) in [7, 11) is -3.69. The van der Waals surface area contributed by atoms with E-state index in [4.69, 9.17) is 11.6 Å². The van der Waals surface area contributed by atoms with E-state index in [9.17, 15) is 18.3 Å². The largest absolute Gasteiger partial charge is 0.508 e. The molecule has 0 saturated carbocycles. The Balaban J connectivity index is 1.89. The fourth-order valence-electron chi connectivity index (χ4n) is 3.57. The molecule has 2 aromatic carbocycles. The van der Waals surface area contributed by atoms with Gasteiger partial charge in [-0.3, -0.25) is 4.79 Å². The standard InChI is InChI=1S/C20H23ClN2O4S/c1-3-23(4-2)28(26,27)13-8-10-17(21)16(12-13)20(25)22-18-11-9-15-14(18)6-5-7-19(15)24/h5-8,10,12,18,24H,3-4,9,11H2,1-2H3,(H,22,25). The number of carbonyl (C=O) groups is 1. The van der Waals surface area contributed by atoms with Crippen molar-refractivity contribution in [3.63, 3.8) is 0 Å². The third-order valence-electron chi connectivity index (χ3n) is 5.08. The lowest BCUT2D eigenvalue weighted by molar-refractivity contribution is 0.0936. The maximum Gasteiger partial charge on any atom is 0.253 e. The molecule has 2 aromatic rings. The third kappa shape index (κ3) is 3.74. The molecule has 1 unspecified atom stereocenters. The quantitative estimate of drug-likeness (QED) is 0.745. The fourth-order valence-corrected chi connectivity index (χ4v) is 5.26. The van der Waals surface area contributed by atoms with Gasteiger partial charge in [-0.1, -0.05) is 37.6 Å². The molecule has 0 saturated heterocycles. The molecule has 3 rings (SSSR count). The molecule has 1 amide bonds. The smallest absolute Gasteiger partial charge is 0.253 e. The minimum Gasteiger partial charge on any atom is -0.508 e. The molecule has 1 aliphatic carbocycles. The Kier molecular flexibility index (Phi) is 5.98. The van der Waals surface area contributed by atoms with E-state index in [1.165, 1.54) is 22.5 Å². The van der Waals surface area contributed by atoms with Crippen molar-refractivity contribution in [2.24, 2.45) is 0 Å². The number of nitrogens with zero attached hydrogens (tertiary/aromatic N) is 1. The van der Waals surface area contributed by atoms with E-state index in [0.29, 0.717) is 25.9 Å². The number of benzene rings is 2. The number of carbonyl (C=O) groups excluding carboxylic acids is 1. The molecule has 0 bridgehead atoms. The van der Waals surface area contributed by atoms with E-state index in [1.807, 2.05) is 6.07 Å². The first-order chi connectivity index (χ1) is 13.3. The maximum atomic E-state index is 12.8. The van der Waals surface area contributed by atoms with Crippen molar-refractivity contribution in [1.29, 1.82) is 0 Å². The fraction of sp³-hybridized carbons (Fsp3) is 0.350. The summed E-state index contributed by atoms with van der Waals surface area (Å²) in [4.78, 5) is 12.9. The molecule has 0 spiro atoms. The zero-order valence-corrected chi connectivity index (χ0v) is 17.3. The van der Waals surface area contributed by atoms with Crippen molar-refractivity contribution in [1.82, 2.24) is 9.62 Å². The monoisotopic (exact) mass is 422 g/mol. The number of hydrogen-bond acceptors (Lipinski definition) is 4. The van der Waals surface area contributed by atoms with Crippen molar-refractivity contribution in [3.8, 4) is 5.75 Å². The van der Waals surface area contributed by atoms with Gasteiger partial charge in [0.2, 0.25) is 10.0 Å². The molecule has 0 aromatic heterocycles. The highest BCUT2D eigenvalue weighted by Gasteiger charge is 2.28. The molecule has 0 aliphatic heterocycles. The van der Waals surface area contributed by atoms with Gasteiger partial charge >= 0.3 is 0 Å². The van der Waals surface area contributed by atoms with Crippen molar-refractivity contribution < 1.29 is 18.3 Å². The molecule has 0 fully saturated rings. The lowest BCUT2D eigenvalue weighted by Crippen LogP contribution is -2.31. The Hall–Kier alpha value is -2.09. The van der Waals surface area contributed by atoms with Crippen LogP contribution in [0.25, 0.3) is 0 Å². The molecule has 28 heavy (non-hydrogen) atoms. The molecular formula is C20H23ClN2O4S. The second-order valence-electron chi connectivity index (χ2n) is 6.64. The van der Waals surface area contributed by atoms with Gasteiger partial charge in [0.25, 0.3) is 5.91 Å². The Morgan fingerprint density at radius 2 is 1.96 bits per heavy atom. The van der Waals surface area contributed by atoms with Crippen LogP contribution < -0.4 is 5.32 Å². The molecule has 0 radical (unpaired) electrons. The van der Waals surface area contributed by atoms with Crippen molar-refractivity contribution in [2.45, 2.75) is 37.6 Å². The van der Waals surface area contributed by atoms with Gasteiger partial charge in [-0.05, 0) is 48.2 Å². The lowest BCUT2D eigenvalue weighted by atomic mass is 10.1. The van der Waals surface area contributed by atoms with Crippen molar-refractivity contribution in [3.05, 3.63) is 58.1 Å². The number of hydrogen-bond donors (Lipinski definition) is 2. The van der Waals surface area contributed by atoms with Crippen LogP contribution in [-0.2, 0) is 16.4 Å². The molecule has 2 N–H and O–H groups in total. The molecule has 8 heteroatoms. The van der Waals surface area contributed by atoms with Crippen molar-refractivity contribution >= 4 is 27.5 Å². The van der Waals surface area contributed by atoms with E-state index in [1.54, 1.807) is 26.0 Å². The summed E-state index contributed by atoms with van der Waals surface area (Å²) in [6.45, 7) is 4.20. The first-order valence-corrected chi connectivity index (χ1v) is 11.0. The Morgan fingerprint density at radius 3 is 2.64 bits per heavy atom. The number of fused-ring (bicyclic) bond motifs is 1. The van der Waals surface area contributed by atoms with E-state index in [2.05, 4.69) is 5.32 Å². The predicted octanol–water partition coefficient (Wildman–Crippen LogP) is 3.49. The highest BCUT2D eigenvalue weighted by atomic mass is 35.5. The molecule has 150 valence electrons. The van der Waals surface area contributed by atoms with Crippen LogP contribution in [0.2, 0.25) is 5.02 Å². The summed E-state index contributed by atoms with van der Waals surface area (Å²) in [5.41, 5.74) is 1.82. The molecular weight excluding hydrogens is 400 g/mol. The summed E-state index contributed by atoms with van der Waals surface area (Å²) in [6, 6.07) is 9.15. The first-order valence-electron chi connectivity index (χ1n) is 9.20. The minimum atomic E-state index is -3.69. The Bertz CT molecular complexity index is 1000. The van der Waals surface area contributed by atoms with Crippen LogP contribution in [0.3, 0.4) is 0 Å². The highest BCUT2D eigenvalue weighted by molar-refractivity contribution is 7.89. The summed E-state index contributed by atoms with van der Waals surface area (Å²) in [5, 5.41) is 13.1. The predicted molar refractivity (Wildman–Crippen MR) is 108 cm³/mol. The number of phenolic OH excluding ortho intramolecular Hbond substituents is 1. The van der Waals surface area contributed by atoms with Crippen LogP contribution >= 0.6 is 11.6 Å². The minimum absolute atomic E-state index is 0.0372. The summed E-state index contributed by atoms with van der Waals surface area (Å²) in [5.74, 6) is -0.220. The van der Waals surface area contributed by atoms with Gasteiger partial charge in [0.05, 0.1) is 21.5 Å². The van der Waals surface area contributed by atoms with Crippen LogP contribution in [0.5, 0.6) is 5.75 Å². The zero-order chi connectivity index (χ0) is 20.5. The van der Waals surface area contributed by atoms with E-state index in [-0.39, 0.29) is 27.3 Å². The van der Waals surface area contributed by atoms with Gasteiger partial charge in [-0.2, -0.15) is 4.31 Å².